The fourth-order valence-corrected chi connectivity index (χ4v) is 3.51. The highest BCUT2D eigenvalue weighted by molar-refractivity contribution is 7.11. The molecule has 1 atom stereocenters. The van der Waals surface area contributed by atoms with Gasteiger partial charge in [-0.1, -0.05) is 12.1 Å². The van der Waals surface area contributed by atoms with Gasteiger partial charge in [-0.2, -0.15) is 0 Å². The van der Waals surface area contributed by atoms with Crippen LogP contribution in [0.5, 0.6) is 5.75 Å². The Hall–Kier alpha value is -2.12. The van der Waals surface area contributed by atoms with Crippen molar-refractivity contribution < 1.29 is 4.74 Å². The Kier molecular flexibility index (Phi) is 7.41. The van der Waals surface area contributed by atoms with E-state index in [1.807, 2.05) is 19.1 Å². The second-order valence-corrected chi connectivity index (χ2v) is 7.60. The van der Waals surface area contributed by atoms with Gasteiger partial charge in [0.05, 0.1) is 25.4 Å². The van der Waals surface area contributed by atoms with E-state index in [4.69, 9.17) is 4.74 Å². The highest BCUT2D eigenvalue weighted by Crippen LogP contribution is 2.22. The number of aryl methyl sites for hydroxylation is 2. The fourth-order valence-electron chi connectivity index (χ4n) is 2.64. The van der Waals surface area contributed by atoms with Crippen molar-refractivity contribution in [3.05, 3.63) is 45.4 Å². The van der Waals surface area contributed by atoms with E-state index < -0.39 is 0 Å². The number of guanidine groups is 1. The Morgan fingerprint density at radius 2 is 2.08 bits per heavy atom. The molecule has 0 aliphatic rings. The van der Waals surface area contributed by atoms with Gasteiger partial charge >= 0.3 is 0 Å². The summed E-state index contributed by atoms with van der Waals surface area (Å²) in [4.78, 5) is 12.3. The molecular weight excluding hydrogens is 346 g/mol. The molecule has 2 N–H and O–H groups in total. The van der Waals surface area contributed by atoms with Crippen LogP contribution in [0.1, 0.15) is 27.2 Å². The number of aliphatic imine (C=N–C) groups is 1. The molecule has 1 heterocycles. The van der Waals surface area contributed by atoms with Crippen LogP contribution < -0.4 is 15.4 Å². The molecule has 0 fully saturated rings. The van der Waals surface area contributed by atoms with E-state index in [1.54, 1.807) is 25.5 Å². The SMILES string of the molecule is CN=C(NCc1nc(C)c(C)s1)NCC(c1cccc(OC)c1)N(C)C. The predicted molar refractivity (Wildman–Crippen MR) is 109 cm³/mol. The van der Waals surface area contributed by atoms with Crippen LogP contribution >= 0.6 is 11.3 Å². The van der Waals surface area contributed by atoms with Gasteiger partial charge in [0.15, 0.2) is 5.96 Å². The molecule has 1 aromatic carbocycles. The maximum atomic E-state index is 5.35. The molecule has 142 valence electrons. The Morgan fingerprint density at radius 1 is 1.31 bits per heavy atom. The molecule has 6 nitrogen and oxygen atoms in total. The number of ether oxygens (including phenoxy) is 1. The quantitative estimate of drug-likeness (QED) is 0.576. The summed E-state index contributed by atoms with van der Waals surface area (Å²) in [7, 11) is 7.62. The first kappa shape index (κ1) is 20.2. The summed E-state index contributed by atoms with van der Waals surface area (Å²) >= 11 is 1.72. The largest absolute Gasteiger partial charge is 0.497 e. The molecule has 0 aliphatic heterocycles. The number of aromatic nitrogens is 1. The summed E-state index contributed by atoms with van der Waals surface area (Å²) in [6, 6.07) is 8.37. The highest BCUT2D eigenvalue weighted by Gasteiger charge is 2.15. The summed E-state index contributed by atoms with van der Waals surface area (Å²) in [5.74, 6) is 1.64. The Balaban J connectivity index is 1.97. The molecule has 7 heteroatoms. The third-order valence-corrected chi connectivity index (χ3v) is 5.34. The van der Waals surface area contributed by atoms with E-state index in [-0.39, 0.29) is 6.04 Å². The van der Waals surface area contributed by atoms with Gasteiger partial charge in [0.1, 0.15) is 10.8 Å². The van der Waals surface area contributed by atoms with Crippen LogP contribution in [-0.4, -0.2) is 50.6 Å². The number of nitrogens with zero attached hydrogens (tertiary/aromatic N) is 3. The maximum Gasteiger partial charge on any atom is 0.191 e. The van der Waals surface area contributed by atoms with Gasteiger partial charge in [-0.05, 0) is 45.6 Å². The highest BCUT2D eigenvalue weighted by atomic mass is 32.1. The number of hydrogen-bond donors (Lipinski definition) is 2. The zero-order valence-electron chi connectivity index (χ0n) is 16.5. The first-order valence-corrected chi connectivity index (χ1v) is 9.44. The third kappa shape index (κ3) is 5.44. The van der Waals surface area contributed by atoms with E-state index >= 15 is 0 Å². The monoisotopic (exact) mass is 375 g/mol. The van der Waals surface area contributed by atoms with Crippen LogP contribution in [0, 0.1) is 13.8 Å². The average Bonchev–Trinajstić information content (AvgIpc) is 2.95. The van der Waals surface area contributed by atoms with E-state index in [2.05, 4.69) is 58.7 Å². The average molecular weight is 376 g/mol. The van der Waals surface area contributed by atoms with Gasteiger partial charge in [0.2, 0.25) is 0 Å². The van der Waals surface area contributed by atoms with Crippen molar-refractivity contribution in [3.63, 3.8) is 0 Å². The summed E-state index contributed by atoms with van der Waals surface area (Å²) in [6.45, 7) is 5.54. The van der Waals surface area contributed by atoms with Gasteiger partial charge in [0.25, 0.3) is 0 Å². The Bertz CT molecular complexity index is 722. The molecule has 0 spiro atoms. The number of benzene rings is 1. The van der Waals surface area contributed by atoms with Crippen LogP contribution in [0.3, 0.4) is 0 Å². The van der Waals surface area contributed by atoms with E-state index in [0.717, 1.165) is 29.0 Å². The smallest absolute Gasteiger partial charge is 0.191 e. The zero-order chi connectivity index (χ0) is 19.1. The first-order chi connectivity index (χ1) is 12.4. The van der Waals surface area contributed by atoms with Crippen LogP contribution in [0.4, 0.5) is 0 Å². The number of nitrogens with one attached hydrogen (secondary N) is 2. The second-order valence-electron chi connectivity index (χ2n) is 6.31. The van der Waals surface area contributed by atoms with Crippen molar-refractivity contribution in [2.75, 3.05) is 34.8 Å². The summed E-state index contributed by atoms with van der Waals surface area (Å²) in [5, 5.41) is 7.82. The van der Waals surface area contributed by atoms with Gasteiger partial charge < -0.3 is 20.3 Å². The molecule has 0 radical (unpaired) electrons. The van der Waals surface area contributed by atoms with Crippen LogP contribution in [0.25, 0.3) is 0 Å². The van der Waals surface area contributed by atoms with Crippen LogP contribution in [-0.2, 0) is 6.54 Å². The molecule has 26 heavy (non-hydrogen) atoms. The molecule has 2 rings (SSSR count). The predicted octanol–water partition coefficient (Wildman–Crippen LogP) is 2.74. The van der Waals surface area contributed by atoms with Crippen molar-refractivity contribution in [1.82, 2.24) is 20.5 Å². The number of likely N-dealkylation sites (N-methyl/N-ethyl adjacent to an activating group) is 1. The Morgan fingerprint density at radius 3 is 2.65 bits per heavy atom. The Labute approximate surface area is 160 Å². The van der Waals surface area contributed by atoms with Crippen molar-refractivity contribution in [2.24, 2.45) is 4.99 Å². The minimum Gasteiger partial charge on any atom is -0.497 e. The lowest BCUT2D eigenvalue weighted by molar-refractivity contribution is 0.297. The standard InChI is InChI=1S/C19H29N5OS/c1-13-14(2)26-18(23-13)12-22-19(20-3)21-11-17(24(4)5)15-8-7-9-16(10-15)25-6/h7-10,17H,11-12H2,1-6H3,(H2,20,21,22). The second kappa shape index (κ2) is 9.54. The zero-order valence-corrected chi connectivity index (χ0v) is 17.3. The van der Waals surface area contributed by atoms with Crippen LogP contribution in [0.2, 0.25) is 0 Å². The topological polar surface area (TPSA) is 61.8 Å². The lowest BCUT2D eigenvalue weighted by atomic mass is 10.1. The minimum absolute atomic E-state index is 0.202. The summed E-state index contributed by atoms with van der Waals surface area (Å²) < 4.78 is 5.35. The molecule has 1 unspecified atom stereocenters. The number of thiazole rings is 1. The molecular formula is C19H29N5OS. The van der Waals surface area contributed by atoms with Crippen molar-refractivity contribution in [2.45, 2.75) is 26.4 Å². The van der Waals surface area contributed by atoms with Gasteiger partial charge in [-0.15, -0.1) is 11.3 Å². The van der Waals surface area contributed by atoms with E-state index in [9.17, 15) is 0 Å². The molecule has 0 saturated carbocycles. The summed E-state index contributed by atoms with van der Waals surface area (Å²) in [5.41, 5.74) is 2.30. The first-order valence-electron chi connectivity index (χ1n) is 8.62. The van der Waals surface area contributed by atoms with Crippen molar-refractivity contribution in [1.29, 1.82) is 0 Å². The number of rotatable bonds is 7. The molecule has 1 aromatic heterocycles. The van der Waals surface area contributed by atoms with E-state index in [1.165, 1.54) is 10.4 Å². The molecule has 0 bridgehead atoms. The number of hydrogen-bond acceptors (Lipinski definition) is 5. The minimum atomic E-state index is 0.202. The fraction of sp³-hybridized carbons (Fsp3) is 0.474. The normalized spacial score (nSPS) is 13.0. The van der Waals surface area contributed by atoms with Crippen molar-refractivity contribution >= 4 is 17.3 Å². The lowest BCUT2D eigenvalue weighted by Gasteiger charge is -2.26. The van der Waals surface area contributed by atoms with Gasteiger partial charge in [-0.3, -0.25) is 4.99 Å². The van der Waals surface area contributed by atoms with Gasteiger partial charge in [0, 0.05) is 18.5 Å². The molecule has 0 aliphatic carbocycles. The van der Waals surface area contributed by atoms with Gasteiger partial charge in [-0.25, -0.2) is 4.98 Å². The molecule has 0 amide bonds. The van der Waals surface area contributed by atoms with Crippen molar-refractivity contribution in [3.8, 4) is 5.75 Å². The third-order valence-electron chi connectivity index (χ3n) is 4.27. The lowest BCUT2D eigenvalue weighted by Crippen LogP contribution is -2.41. The molecule has 2 aromatic rings. The summed E-state index contributed by atoms with van der Waals surface area (Å²) in [6.07, 6.45) is 0. The van der Waals surface area contributed by atoms with E-state index in [0.29, 0.717) is 6.54 Å². The maximum absolute atomic E-state index is 5.35. The van der Waals surface area contributed by atoms with Crippen LogP contribution in [0.15, 0.2) is 29.3 Å². The number of methoxy groups -OCH3 is 1. The molecule has 0 saturated heterocycles.